The fourth-order valence-electron chi connectivity index (χ4n) is 1.08. The molecule has 0 saturated heterocycles. The van der Waals surface area contributed by atoms with Gasteiger partial charge in [0, 0.05) is 0 Å². The second-order valence-electron chi connectivity index (χ2n) is 2.90. The Hall–Kier alpha value is -1.86. The monoisotopic (exact) mass is 239 g/mol. The zero-order chi connectivity index (χ0) is 12.5. The molecule has 8 heteroatoms. The highest BCUT2D eigenvalue weighted by Gasteiger charge is 2.35. The number of hydrogen-bond donors (Lipinski definition) is 0. The molecule has 0 saturated carbocycles. The Bertz CT molecular complexity index is 430. The van der Waals surface area contributed by atoms with E-state index in [2.05, 4.69) is 4.74 Å². The molecule has 1 aromatic carbocycles. The van der Waals surface area contributed by atoms with E-state index in [9.17, 15) is 27.7 Å². The molecule has 0 aromatic heterocycles. The molecule has 0 bridgehead atoms. The lowest BCUT2D eigenvalue weighted by atomic mass is 10.2. The number of nitro benzene ring substituents is 1. The van der Waals surface area contributed by atoms with Gasteiger partial charge in [0.25, 0.3) is 0 Å². The second kappa shape index (κ2) is 3.95. The van der Waals surface area contributed by atoms with Gasteiger partial charge in [0.1, 0.15) is 0 Å². The molecule has 0 N–H and O–H groups in total. The third kappa shape index (κ3) is 2.81. The lowest BCUT2D eigenvalue weighted by molar-refractivity contribution is -0.391. The first-order chi connectivity index (χ1) is 7.20. The molecule has 0 unspecified atom stereocenters. The summed E-state index contributed by atoms with van der Waals surface area (Å²) in [6, 6.07) is 1.50. The van der Waals surface area contributed by atoms with Crippen LogP contribution in [0.25, 0.3) is 0 Å². The SMILES string of the molecule is Cc1cc(F)c([N+](=O)[O-])c(OC(F)(F)F)c1. The molecule has 0 aliphatic carbocycles. The Morgan fingerprint density at radius 1 is 1.38 bits per heavy atom. The summed E-state index contributed by atoms with van der Waals surface area (Å²) in [7, 11) is 0. The molecule has 0 aliphatic rings. The molecule has 88 valence electrons. The van der Waals surface area contributed by atoms with Crippen molar-refractivity contribution in [1.29, 1.82) is 0 Å². The van der Waals surface area contributed by atoms with Crippen LogP contribution in [-0.2, 0) is 0 Å². The predicted octanol–water partition coefficient (Wildman–Crippen LogP) is 2.94. The number of nitro groups is 1. The average molecular weight is 239 g/mol. The van der Waals surface area contributed by atoms with Gasteiger partial charge >= 0.3 is 12.0 Å². The molecule has 0 spiro atoms. The molecular formula is C8H5F4NO3. The van der Waals surface area contributed by atoms with Gasteiger partial charge in [-0.1, -0.05) is 0 Å². The Balaban J connectivity index is 3.30. The number of halogens is 4. The molecule has 1 rings (SSSR count). The van der Waals surface area contributed by atoms with Crippen molar-refractivity contribution in [3.63, 3.8) is 0 Å². The Morgan fingerprint density at radius 2 is 1.94 bits per heavy atom. The van der Waals surface area contributed by atoms with Crippen molar-refractivity contribution in [2.75, 3.05) is 0 Å². The van der Waals surface area contributed by atoms with E-state index in [0.717, 1.165) is 12.1 Å². The summed E-state index contributed by atoms with van der Waals surface area (Å²) in [6.07, 6.45) is -5.11. The summed E-state index contributed by atoms with van der Waals surface area (Å²) in [5, 5.41) is 10.4. The normalized spacial score (nSPS) is 11.3. The van der Waals surface area contributed by atoms with E-state index in [1.54, 1.807) is 0 Å². The summed E-state index contributed by atoms with van der Waals surface area (Å²) < 4.78 is 52.1. The van der Waals surface area contributed by atoms with E-state index >= 15 is 0 Å². The van der Waals surface area contributed by atoms with Gasteiger partial charge in [-0.3, -0.25) is 10.1 Å². The summed E-state index contributed by atoms with van der Waals surface area (Å²) >= 11 is 0. The Kier molecular flexibility index (Phi) is 3.02. The first-order valence-corrected chi connectivity index (χ1v) is 3.91. The predicted molar refractivity (Wildman–Crippen MR) is 44.5 cm³/mol. The first kappa shape index (κ1) is 12.2. The molecule has 0 heterocycles. The van der Waals surface area contributed by atoms with Crippen molar-refractivity contribution in [3.05, 3.63) is 33.6 Å². The topological polar surface area (TPSA) is 52.4 Å². The highest BCUT2D eigenvalue weighted by Crippen LogP contribution is 2.34. The van der Waals surface area contributed by atoms with E-state index in [4.69, 9.17) is 0 Å². The van der Waals surface area contributed by atoms with Crippen LogP contribution in [0.1, 0.15) is 5.56 Å². The fourth-order valence-corrected chi connectivity index (χ4v) is 1.08. The standard InChI is InChI=1S/C8H5F4NO3/c1-4-2-5(9)7(13(14)15)6(3-4)16-8(10,11)12/h2-3H,1H3. The Morgan fingerprint density at radius 3 is 2.38 bits per heavy atom. The quantitative estimate of drug-likeness (QED) is 0.453. The van der Waals surface area contributed by atoms with Gasteiger partial charge < -0.3 is 4.74 Å². The van der Waals surface area contributed by atoms with Crippen molar-refractivity contribution in [2.45, 2.75) is 13.3 Å². The molecule has 0 radical (unpaired) electrons. The van der Waals surface area contributed by atoms with E-state index in [1.165, 1.54) is 6.92 Å². The number of hydrogen-bond acceptors (Lipinski definition) is 3. The van der Waals surface area contributed by atoms with Crippen molar-refractivity contribution in [1.82, 2.24) is 0 Å². The van der Waals surface area contributed by atoms with E-state index in [0.29, 0.717) is 0 Å². The second-order valence-corrected chi connectivity index (χ2v) is 2.90. The third-order valence-corrected chi connectivity index (χ3v) is 1.58. The minimum atomic E-state index is -5.11. The number of aryl methyl sites for hydroxylation is 1. The van der Waals surface area contributed by atoms with E-state index in [-0.39, 0.29) is 5.56 Å². The number of ether oxygens (including phenoxy) is 1. The van der Waals surface area contributed by atoms with Crippen LogP contribution in [0.2, 0.25) is 0 Å². The van der Waals surface area contributed by atoms with Gasteiger partial charge in [-0.2, -0.15) is 4.39 Å². The maximum atomic E-state index is 13.0. The highest BCUT2D eigenvalue weighted by molar-refractivity contribution is 5.49. The number of rotatable bonds is 2. The van der Waals surface area contributed by atoms with Gasteiger partial charge in [0.05, 0.1) is 4.92 Å². The lowest BCUT2D eigenvalue weighted by Crippen LogP contribution is -2.18. The highest BCUT2D eigenvalue weighted by atomic mass is 19.4. The van der Waals surface area contributed by atoms with Gasteiger partial charge in [-0.25, -0.2) is 0 Å². The largest absolute Gasteiger partial charge is 0.573 e. The minimum absolute atomic E-state index is 0.0855. The molecule has 16 heavy (non-hydrogen) atoms. The Labute approximate surface area is 86.6 Å². The van der Waals surface area contributed by atoms with Crippen LogP contribution in [0.3, 0.4) is 0 Å². The molecule has 0 aliphatic heterocycles. The van der Waals surface area contributed by atoms with Gasteiger partial charge in [-0.15, -0.1) is 13.2 Å². The zero-order valence-corrected chi connectivity index (χ0v) is 7.84. The van der Waals surface area contributed by atoms with Crippen LogP contribution in [-0.4, -0.2) is 11.3 Å². The van der Waals surface area contributed by atoms with Gasteiger partial charge in [0.15, 0.2) is 0 Å². The molecule has 0 fully saturated rings. The van der Waals surface area contributed by atoms with Crippen LogP contribution in [0.5, 0.6) is 5.75 Å². The van der Waals surface area contributed by atoms with Crippen molar-refractivity contribution >= 4 is 5.69 Å². The van der Waals surface area contributed by atoms with Crippen LogP contribution in [0.15, 0.2) is 12.1 Å². The molecule has 4 nitrogen and oxygen atoms in total. The van der Waals surface area contributed by atoms with Crippen LogP contribution >= 0.6 is 0 Å². The van der Waals surface area contributed by atoms with Gasteiger partial charge in [-0.05, 0) is 24.6 Å². The molecule has 0 amide bonds. The maximum absolute atomic E-state index is 13.0. The molecular weight excluding hydrogens is 234 g/mol. The van der Waals surface area contributed by atoms with Gasteiger partial charge in [0.2, 0.25) is 11.6 Å². The molecule has 0 atom stereocenters. The van der Waals surface area contributed by atoms with Crippen LogP contribution < -0.4 is 4.74 Å². The first-order valence-electron chi connectivity index (χ1n) is 3.91. The van der Waals surface area contributed by atoms with Crippen molar-refractivity contribution in [2.24, 2.45) is 0 Å². The van der Waals surface area contributed by atoms with E-state index < -0.39 is 28.5 Å². The zero-order valence-electron chi connectivity index (χ0n) is 7.84. The minimum Gasteiger partial charge on any atom is -0.398 e. The fraction of sp³-hybridized carbons (Fsp3) is 0.250. The van der Waals surface area contributed by atoms with E-state index in [1.807, 2.05) is 0 Å². The summed E-state index contributed by atoms with van der Waals surface area (Å²) in [5.41, 5.74) is -1.25. The smallest absolute Gasteiger partial charge is 0.398 e. The maximum Gasteiger partial charge on any atom is 0.573 e. The third-order valence-electron chi connectivity index (χ3n) is 1.58. The number of benzene rings is 1. The summed E-state index contributed by atoms with van der Waals surface area (Å²) in [4.78, 5) is 9.09. The van der Waals surface area contributed by atoms with Crippen LogP contribution in [0, 0.1) is 22.9 Å². The van der Waals surface area contributed by atoms with Crippen molar-refractivity contribution in [3.8, 4) is 5.75 Å². The summed E-state index contributed by atoms with van der Waals surface area (Å²) in [6.45, 7) is 1.29. The number of nitrogens with zero attached hydrogens (tertiary/aromatic N) is 1. The lowest BCUT2D eigenvalue weighted by Gasteiger charge is -2.09. The number of alkyl halides is 3. The average Bonchev–Trinajstić information content (AvgIpc) is 1.96. The van der Waals surface area contributed by atoms with Crippen molar-refractivity contribution < 1.29 is 27.2 Å². The van der Waals surface area contributed by atoms with Crippen LogP contribution in [0.4, 0.5) is 23.2 Å². The molecule has 1 aromatic rings. The summed E-state index contributed by atoms with van der Waals surface area (Å²) in [5.74, 6) is -2.53.